The third-order valence-corrected chi connectivity index (χ3v) is 7.38. The highest BCUT2D eigenvalue weighted by Gasteiger charge is 2.47. The zero-order valence-electron chi connectivity index (χ0n) is 19.5. The lowest BCUT2D eigenvalue weighted by atomic mass is 9.83. The fourth-order valence-electron chi connectivity index (χ4n) is 5.55. The van der Waals surface area contributed by atoms with Crippen LogP contribution in [-0.2, 0) is 23.3 Å². The Morgan fingerprint density at radius 2 is 1.73 bits per heavy atom. The van der Waals surface area contributed by atoms with Gasteiger partial charge < -0.3 is 14.2 Å². The molecule has 0 bridgehead atoms. The van der Waals surface area contributed by atoms with E-state index >= 15 is 0 Å². The second-order valence-corrected chi connectivity index (χ2v) is 9.00. The van der Waals surface area contributed by atoms with E-state index in [0.29, 0.717) is 6.42 Å². The first-order chi connectivity index (χ1) is 16.1. The summed E-state index contributed by atoms with van der Waals surface area (Å²) in [6.07, 6.45) is 4.30. The molecule has 1 aromatic heterocycles. The maximum atomic E-state index is 13.0. The summed E-state index contributed by atoms with van der Waals surface area (Å²) in [5, 5.41) is 0. The molecule has 3 aromatic rings. The molecule has 6 nitrogen and oxygen atoms in total. The van der Waals surface area contributed by atoms with E-state index in [2.05, 4.69) is 46.7 Å². The predicted molar refractivity (Wildman–Crippen MR) is 129 cm³/mol. The van der Waals surface area contributed by atoms with Crippen LogP contribution < -0.4 is 4.74 Å². The maximum absolute atomic E-state index is 13.0. The van der Waals surface area contributed by atoms with Gasteiger partial charge in [0.25, 0.3) is 0 Å². The molecular weight excluding hydrogens is 412 g/mol. The lowest BCUT2D eigenvalue weighted by Crippen LogP contribution is -2.58. The minimum atomic E-state index is -0.100. The first-order valence-corrected chi connectivity index (χ1v) is 11.9. The summed E-state index contributed by atoms with van der Waals surface area (Å²) in [5.74, 6) is 2.17. The van der Waals surface area contributed by atoms with Crippen molar-refractivity contribution in [1.82, 2.24) is 19.4 Å². The number of carbonyl (C=O) groups is 1. The SMILES string of the molecule is CCN1CCn2c(-c3ccccc3)cnc2C12CCN(C(=O)Cc1ccc(OC)cc1)CC2. The molecule has 1 spiro atoms. The van der Waals surface area contributed by atoms with Crippen molar-refractivity contribution in [2.24, 2.45) is 0 Å². The van der Waals surface area contributed by atoms with Gasteiger partial charge in [0.1, 0.15) is 11.6 Å². The number of piperidine rings is 1. The number of likely N-dealkylation sites (N-methyl/N-ethyl adjacent to an activating group) is 1. The lowest BCUT2D eigenvalue weighted by molar-refractivity contribution is -0.134. The second-order valence-electron chi connectivity index (χ2n) is 9.00. The van der Waals surface area contributed by atoms with Crippen LogP contribution in [0.25, 0.3) is 11.3 Å². The Kier molecular flexibility index (Phi) is 5.94. The summed E-state index contributed by atoms with van der Waals surface area (Å²) >= 11 is 0. The number of aromatic nitrogens is 2. The van der Waals surface area contributed by atoms with E-state index in [-0.39, 0.29) is 11.4 Å². The highest BCUT2D eigenvalue weighted by atomic mass is 16.5. The van der Waals surface area contributed by atoms with Gasteiger partial charge in [0.05, 0.1) is 31.0 Å². The molecule has 0 radical (unpaired) electrons. The average molecular weight is 445 g/mol. The fraction of sp³-hybridized carbons (Fsp3) is 0.407. The van der Waals surface area contributed by atoms with Gasteiger partial charge in [-0.05, 0) is 42.6 Å². The van der Waals surface area contributed by atoms with Gasteiger partial charge in [-0.1, -0.05) is 49.4 Å². The molecule has 2 aromatic carbocycles. The minimum Gasteiger partial charge on any atom is -0.497 e. The van der Waals surface area contributed by atoms with Crippen molar-refractivity contribution in [3.05, 3.63) is 72.2 Å². The number of likely N-dealkylation sites (tertiary alicyclic amines) is 1. The average Bonchev–Trinajstić information content (AvgIpc) is 3.31. The zero-order valence-corrected chi connectivity index (χ0v) is 19.5. The number of hydrogen-bond donors (Lipinski definition) is 0. The third-order valence-electron chi connectivity index (χ3n) is 7.38. The lowest BCUT2D eigenvalue weighted by Gasteiger charge is -2.50. The smallest absolute Gasteiger partial charge is 0.226 e. The van der Waals surface area contributed by atoms with Crippen LogP contribution >= 0.6 is 0 Å². The molecule has 5 rings (SSSR count). The molecule has 0 N–H and O–H groups in total. The van der Waals surface area contributed by atoms with E-state index in [1.807, 2.05) is 35.4 Å². The molecule has 0 atom stereocenters. The molecule has 1 amide bonds. The van der Waals surface area contributed by atoms with Gasteiger partial charge in [0, 0.05) is 26.2 Å². The number of ether oxygens (including phenoxy) is 1. The predicted octanol–water partition coefficient (Wildman–Crippen LogP) is 3.95. The quantitative estimate of drug-likeness (QED) is 0.598. The van der Waals surface area contributed by atoms with Crippen LogP contribution in [0.4, 0.5) is 0 Å². The fourth-order valence-corrected chi connectivity index (χ4v) is 5.55. The molecule has 3 heterocycles. The monoisotopic (exact) mass is 444 g/mol. The Hall–Kier alpha value is -3.12. The van der Waals surface area contributed by atoms with Crippen LogP contribution in [0.3, 0.4) is 0 Å². The molecule has 2 aliphatic heterocycles. The van der Waals surface area contributed by atoms with Crippen molar-refractivity contribution in [2.75, 3.05) is 33.3 Å². The molecule has 0 saturated carbocycles. The number of methoxy groups -OCH3 is 1. The highest BCUT2D eigenvalue weighted by Crippen LogP contribution is 2.42. The largest absolute Gasteiger partial charge is 0.497 e. The van der Waals surface area contributed by atoms with Crippen molar-refractivity contribution >= 4 is 5.91 Å². The maximum Gasteiger partial charge on any atom is 0.226 e. The number of carbonyl (C=O) groups excluding carboxylic acids is 1. The summed E-state index contributed by atoms with van der Waals surface area (Å²) < 4.78 is 7.64. The Morgan fingerprint density at radius 1 is 1.00 bits per heavy atom. The molecule has 33 heavy (non-hydrogen) atoms. The van der Waals surface area contributed by atoms with E-state index in [9.17, 15) is 4.79 Å². The van der Waals surface area contributed by atoms with E-state index in [1.165, 1.54) is 11.3 Å². The van der Waals surface area contributed by atoms with E-state index in [0.717, 1.165) is 62.7 Å². The standard InChI is InChI=1S/C27H32N4O2/c1-3-30-17-18-31-24(22-7-5-4-6-8-22)20-28-26(31)27(30)13-15-29(16-14-27)25(32)19-21-9-11-23(33-2)12-10-21/h4-12,20H,3,13-19H2,1-2H3. The summed E-state index contributed by atoms with van der Waals surface area (Å²) in [7, 11) is 1.66. The summed E-state index contributed by atoms with van der Waals surface area (Å²) in [5.41, 5.74) is 3.33. The molecule has 0 aliphatic carbocycles. The Morgan fingerprint density at radius 3 is 2.39 bits per heavy atom. The summed E-state index contributed by atoms with van der Waals surface area (Å²) in [6.45, 7) is 6.72. The van der Waals surface area contributed by atoms with Crippen LogP contribution in [0.1, 0.15) is 31.2 Å². The Bertz CT molecular complexity index is 1100. The van der Waals surface area contributed by atoms with Gasteiger partial charge in [-0.25, -0.2) is 4.98 Å². The van der Waals surface area contributed by atoms with Crippen molar-refractivity contribution in [1.29, 1.82) is 0 Å². The molecule has 172 valence electrons. The Labute approximate surface area is 195 Å². The van der Waals surface area contributed by atoms with Gasteiger partial charge >= 0.3 is 0 Å². The number of fused-ring (bicyclic) bond motifs is 2. The first kappa shape index (κ1) is 21.7. The van der Waals surface area contributed by atoms with Crippen LogP contribution in [0.15, 0.2) is 60.8 Å². The van der Waals surface area contributed by atoms with Crippen molar-refractivity contribution in [3.8, 4) is 17.0 Å². The van der Waals surface area contributed by atoms with Crippen molar-refractivity contribution in [3.63, 3.8) is 0 Å². The van der Waals surface area contributed by atoms with Crippen molar-refractivity contribution in [2.45, 2.75) is 38.3 Å². The molecule has 2 aliphatic rings. The topological polar surface area (TPSA) is 50.6 Å². The van der Waals surface area contributed by atoms with Gasteiger partial charge in [0.15, 0.2) is 0 Å². The molecular formula is C27H32N4O2. The van der Waals surface area contributed by atoms with Crippen LogP contribution in [0, 0.1) is 0 Å². The van der Waals surface area contributed by atoms with E-state index in [1.54, 1.807) is 7.11 Å². The normalized spacial score (nSPS) is 17.7. The number of amides is 1. The number of hydrogen-bond acceptors (Lipinski definition) is 4. The van der Waals surface area contributed by atoms with Crippen LogP contribution in [0.5, 0.6) is 5.75 Å². The van der Waals surface area contributed by atoms with Crippen LogP contribution in [-0.4, -0.2) is 58.5 Å². The van der Waals surface area contributed by atoms with Gasteiger partial charge in [0.2, 0.25) is 5.91 Å². The highest BCUT2D eigenvalue weighted by molar-refractivity contribution is 5.79. The Balaban J connectivity index is 1.34. The zero-order chi connectivity index (χ0) is 22.8. The van der Waals surface area contributed by atoms with Gasteiger partial charge in [-0.15, -0.1) is 0 Å². The second kappa shape index (κ2) is 9.02. The molecule has 0 unspecified atom stereocenters. The molecule has 6 heteroatoms. The number of rotatable bonds is 5. The van der Waals surface area contributed by atoms with E-state index in [4.69, 9.17) is 9.72 Å². The number of nitrogens with zero attached hydrogens (tertiary/aromatic N) is 4. The van der Waals surface area contributed by atoms with Gasteiger partial charge in [-0.3, -0.25) is 9.69 Å². The summed E-state index contributed by atoms with van der Waals surface area (Å²) in [6, 6.07) is 18.3. The first-order valence-electron chi connectivity index (χ1n) is 11.9. The van der Waals surface area contributed by atoms with E-state index < -0.39 is 0 Å². The summed E-state index contributed by atoms with van der Waals surface area (Å²) in [4.78, 5) is 22.6. The van der Waals surface area contributed by atoms with Crippen molar-refractivity contribution < 1.29 is 9.53 Å². The van der Waals surface area contributed by atoms with Gasteiger partial charge in [-0.2, -0.15) is 0 Å². The minimum absolute atomic E-state index is 0.100. The third kappa shape index (κ3) is 3.93. The number of imidazole rings is 1. The number of benzene rings is 2. The molecule has 1 fully saturated rings. The molecule has 1 saturated heterocycles. The van der Waals surface area contributed by atoms with Crippen LogP contribution in [0.2, 0.25) is 0 Å².